The second-order valence-electron chi connectivity index (χ2n) is 4.10. The van der Waals surface area contributed by atoms with E-state index in [-0.39, 0.29) is 5.56 Å². The molecule has 0 bridgehead atoms. The van der Waals surface area contributed by atoms with Crippen molar-refractivity contribution in [2.24, 2.45) is 0 Å². The van der Waals surface area contributed by atoms with Crippen molar-refractivity contribution in [3.05, 3.63) is 59.7 Å². The highest BCUT2D eigenvalue weighted by molar-refractivity contribution is 5.88. The molecule has 0 saturated carbocycles. The van der Waals surface area contributed by atoms with E-state index in [4.69, 9.17) is 5.11 Å². The van der Waals surface area contributed by atoms with Crippen LogP contribution in [-0.2, 0) is 13.0 Å². The summed E-state index contributed by atoms with van der Waals surface area (Å²) in [6.07, 6.45) is 3.58. The maximum Gasteiger partial charge on any atom is 0.339 e. The number of benzene rings is 1. The lowest BCUT2D eigenvalue weighted by Gasteiger charge is -2.06. The van der Waals surface area contributed by atoms with Crippen molar-refractivity contribution in [1.82, 2.24) is 15.3 Å². The molecule has 1 aromatic heterocycles. The zero-order chi connectivity index (χ0) is 13.5. The van der Waals surface area contributed by atoms with E-state index in [1.165, 1.54) is 18.1 Å². The van der Waals surface area contributed by atoms with Gasteiger partial charge < -0.3 is 10.4 Å². The third-order valence-electron chi connectivity index (χ3n) is 2.75. The van der Waals surface area contributed by atoms with E-state index in [0.717, 1.165) is 13.0 Å². The van der Waals surface area contributed by atoms with Crippen LogP contribution in [0.3, 0.4) is 0 Å². The van der Waals surface area contributed by atoms with Crippen LogP contribution in [0.5, 0.6) is 0 Å². The average Bonchev–Trinajstić information content (AvgIpc) is 2.45. The van der Waals surface area contributed by atoms with Gasteiger partial charge in [0.25, 0.3) is 0 Å². The minimum atomic E-state index is -1.000. The van der Waals surface area contributed by atoms with Gasteiger partial charge in [0.1, 0.15) is 11.9 Å². The molecule has 0 saturated heterocycles. The molecule has 0 aliphatic rings. The zero-order valence-corrected chi connectivity index (χ0v) is 10.4. The molecule has 98 valence electrons. The Morgan fingerprint density at radius 1 is 1.26 bits per heavy atom. The zero-order valence-electron chi connectivity index (χ0n) is 10.4. The Labute approximate surface area is 111 Å². The summed E-state index contributed by atoms with van der Waals surface area (Å²) in [6.45, 7) is 1.20. The van der Waals surface area contributed by atoms with Crippen molar-refractivity contribution < 1.29 is 9.90 Å². The van der Waals surface area contributed by atoms with Crippen LogP contribution in [0, 0.1) is 0 Å². The largest absolute Gasteiger partial charge is 0.478 e. The molecule has 0 fully saturated rings. The molecule has 2 aromatic rings. The Kier molecular flexibility index (Phi) is 4.58. The summed E-state index contributed by atoms with van der Waals surface area (Å²) in [4.78, 5) is 18.7. The van der Waals surface area contributed by atoms with E-state index in [9.17, 15) is 4.79 Å². The van der Waals surface area contributed by atoms with Crippen LogP contribution in [0.25, 0.3) is 0 Å². The van der Waals surface area contributed by atoms with Crippen LogP contribution in [0.4, 0.5) is 0 Å². The van der Waals surface area contributed by atoms with Gasteiger partial charge >= 0.3 is 5.97 Å². The molecule has 0 atom stereocenters. The molecule has 1 heterocycles. The number of rotatable bonds is 6. The first-order chi connectivity index (χ1) is 9.27. The van der Waals surface area contributed by atoms with Crippen molar-refractivity contribution in [2.75, 3.05) is 6.54 Å². The number of carboxylic acids is 1. The molecule has 0 amide bonds. The van der Waals surface area contributed by atoms with Gasteiger partial charge in [0.15, 0.2) is 0 Å². The summed E-state index contributed by atoms with van der Waals surface area (Å²) >= 11 is 0. The van der Waals surface area contributed by atoms with Crippen molar-refractivity contribution in [3.63, 3.8) is 0 Å². The molecule has 5 heteroatoms. The SMILES string of the molecule is O=C(O)c1cncnc1CNCCc1ccccc1. The number of carbonyl (C=O) groups is 1. The summed E-state index contributed by atoms with van der Waals surface area (Å²) in [6, 6.07) is 10.1. The molecule has 0 aliphatic carbocycles. The Morgan fingerprint density at radius 3 is 2.79 bits per heavy atom. The fourth-order valence-corrected chi connectivity index (χ4v) is 1.76. The molecule has 0 aliphatic heterocycles. The number of hydrogen-bond donors (Lipinski definition) is 2. The number of nitrogens with zero attached hydrogens (tertiary/aromatic N) is 2. The van der Waals surface area contributed by atoms with Gasteiger partial charge in [0.05, 0.1) is 5.69 Å². The Morgan fingerprint density at radius 2 is 2.05 bits per heavy atom. The fourth-order valence-electron chi connectivity index (χ4n) is 1.76. The number of nitrogens with one attached hydrogen (secondary N) is 1. The first-order valence-corrected chi connectivity index (χ1v) is 6.04. The minimum Gasteiger partial charge on any atom is -0.478 e. The Balaban J connectivity index is 1.85. The van der Waals surface area contributed by atoms with Gasteiger partial charge in [-0.05, 0) is 18.5 Å². The van der Waals surface area contributed by atoms with Crippen LogP contribution in [0.1, 0.15) is 21.6 Å². The Bertz CT molecular complexity index is 543. The first-order valence-electron chi connectivity index (χ1n) is 6.04. The summed E-state index contributed by atoms with van der Waals surface area (Å²) in [5.41, 5.74) is 1.90. The molecule has 2 rings (SSSR count). The molecule has 0 radical (unpaired) electrons. The van der Waals surface area contributed by atoms with Crippen molar-refractivity contribution in [3.8, 4) is 0 Å². The quantitative estimate of drug-likeness (QED) is 0.767. The first kappa shape index (κ1) is 13.2. The molecule has 1 aromatic carbocycles. The summed E-state index contributed by atoms with van der Waals surface area (Å²) < 4.78 is 0. The summed E-state index contributed by atoms with van der Waals surface area (Å²) in [5, 5.41) is 12.2. The lowest BCUT2D eigenvalue weighted by Crippen LogP contribution is -2.19. The maximum absolute atomic E-state index is 11.0. The van der Waals surface area contributed by atoms with E-state index in [1.54, 1.807) is 0 Å². The molecule has 0 spiro atoms. The number of hydrogen-bond acceptors (Lipinski definition) is 4. The van der Waals surface area contributed by atoms with Crippen molar-refractivity contribution in [2.45, 2.75) is 13.0 Å². The van der Waals surface area contributed by atoms with Gasteiger partial charge in [-0.1, -0.05) is 30.3 Å². The van der Waals surface area contributed by atoms with Crippen molar-refractivity contribution >= 4 is 5.97 Å². The number of aromatic nitrogens is 2. The van der Waals surface area contributed by atoms with Gasteiger partial charge in [-0.15, -0.1) is 0 Å². The van der Waals surface area contributed by atoms with Crippen LogP contribution in [-0.4, -0.2) is 27.6 Å². The third-order valence-corrected chi connectivity index (χ3v) is 2.75. The lowest BCUT2D eigenvalue weighted by molar-refractivity contribution is 0.0694. The molecule has 0 unspecified atom stereocenters. The molecule has 2 N–H and O–H groups in total. The summed E-state index contributed by atoms with van der Waals surface area (Å²) in [5.74, 6) is -1.000. The van der Waals surface area contributed by atoms with Gasteiger partial charge in [-0.25, -0.2) is 14.8 Å². The predicted molar refractivity (Wildman–Crippen MR) is 70.8 cm³/mol. The van der Waals surface area contributed by atoms with Crippen molar-refractivity contribution in [1.29, 1.82) is 0 Å². The van der Waals surface area contributed by atoms with Gasteiger partial charge in [-0.3, -0.25) is 0 Å². The lowest BCUT2D eigenvalue weighted by atomic mass is 10.1. The topological polar surface area (TPSA) is 75.1 Å². The molecule has 19 heavy (non-hydrogen) atoms. The van der Waals surface area contributed by atoms with Crippen LogP contribution in [0.15, 0.2) is 42.9 Å². The third kappa shape index (κ3) is 3.86. The van der Waals surface area contributed by atoms with Gasteiger partial charge in [0, 0.05) is 12.7 Å². The highest BCUT2D eigenvalue weighted by Gasteiger charge is 2.10. The highest BCUT2D eigenvalue weighted by Crippen LogP contribution is 2.03. The Hall–Kier alpha value is -2.27. The summed E-state index contributed by atoms with van der Waals surface area (Å²) in [7, 11) is 0. The van der Waals surface area contributed by atoms with Crippen LogP contribution in [0.2, 0.25) is 0 Å². The average molecular weight is 257 g/mol. The number of aromatic carboxylic acids is 1. The highest BCUT2D eigenvalue weighted by atomic mass is 16.4. The minimum absolute atomic E-state index is 0.148. The monoisotopic (exact) mass is 257 g/mol. The molecule has 5 nitrogen and oxygen atoms in total. The fraction of sp³-hybridized carbons (Fsp3) is 0.214. The van der Waals surface area contributed by atoms with E-state index in [0.29, 0.717) is 12.2 Å². The second kappa shape index (κ2) is 6.61. The number of carboxylic acid groups (broad SMARTS) is 1. The normalized spacial score (nSPS) is 10.3. The molecular weight excluding hydrogens is 242 g/mol. The van der Waals surface area contributed by atoms with Crippen LogP contribution >= 0.6 is 0 Å². The van der Waals surface area contributed by atoms with Gasteiger partial charge in [-0.2, -0.15) is 0 Å². The van der Waals surface area contributed by atoms with Gasteiger partial charge in [0.2, 0.25) is 0 Å². The van der Waals surface area contributed by atoms with E-state index in [1.807, 2.05) is 18.2 Å². The van der Waals surface area contributed by atoms with E-state index in [2.05, 4.69) is 27.4 Å². The standard InChI is InChI=1S/C14H15N3O2/c18-14(19)12-8-16-10-17-13(12)9-15-7-6-11-4-2-1-3-5-11/h1-5,8,10,15H,6-7,9H2,(H,18,19). The predicted octanol–water partition coefficient (Wildman–Crippen LogP) is 1.51. The van der Waals surface area contributed by atoms with E-state index >= 15 is 0 Å². The smallest absolute Gasteiger partial charge is 0.339 e. The van der Waals surface area contributed by atoms with Crippen LogP contribution < -0.4 is 5.32 Å². The van der Waals surface area contributed by atoms with E-state index < -0.39 is 5.97 Å². The maximum atomic E-state index is 11.0. The molecular formula is C14H15N3O2. The second-order valence-corrected chi connectivity index (χ2v) is 4.10.